The third kappa shape index (κ3) is 5.45. The van der Waals surface area contributed by atoms with Gasteiger partial charge in [-0.05, 0) is 74.0 Å². The molecule has 1 fully saturated rings. The number of hydrogen-bond donors (Lipinski definition) is 0. The van der Waals surface area contributed by atoms with Gasteiger partial charge in [-0.25, -0.2) is 4.79 Å². The molecule has 2 aromatic rings. The van der Waals surface area contributed by atoms with Gasteiger partial charge in [-0.2, -0.15) is 0 Å². The molecule has 156 valence electrons. The molecule has 0 aromatic heterocycles. The van der Waals surface area contributed by atoms with Crippen molar-refractivity contribution in [2.45, 2.75) is 32.9 Å². The van der Waals surface area contributed by atoms with Crippen LogP contribution in [0.5, 0.6) is 0 Å². The summed E-state index contributed by atoms with van der Waals surface area (Å²) in [5, 5.41) is 0.385. The predicted molar refractivity (Wildman–Crippen MR) is 120 cm³/mol. The summed E-state index contributed by atoms with van der Waals surface area (Å²) < 4.78 is 5.37. The number of carbonyl (C=O) groups is 3. The van der Waals surface area contributed by atoms with Crippen LogP contribution in [0.25, 0.3) is 6.08 Å². The second kappa shape index (κ2) is 8.84. The molecule has 2 amide bonds. The Hall–Kier alpha value is -2.28. The molecule has 0 aliphatic carbocycles. The molecule has 0 radical (unpaired) electrons. The summed E-state index contributed by atoms with van der Waals surface area (Å²) in [7, 11) is 0. The number of hydrogen-bond acceptors (Lipinski definition) is 5. The van der Waals surface area contributed by atoms with Gasteiger partial charge in [0.1, 0.15) is 5.60 Å². The van der Waals surface area contributed by atoms with Crippen LogP contribution >= 0.6 is 35.0 Å². The maximum Gasteiger partial charge on any atom is 0.338 e. The maximum absolute atomic E-state index is 12.7. The molecule has 1 aliphatic heterocycles. The van der Waals surface area contributed by atoms with Crippen molar-refractivity contribution in [3.8, 4) is 0 Å². The molecular formula is C22H19Cl2NO4S. The molecule has 0 saturated carbocycles. The van der Waals surface area contributed by atoms with Crippen molar-refractivity contribution < 1.29 is 19.1 Å². The molecule has 0 unspecified atom stereocenters. The van der Waals surface area contributed by atoms with Gasteiger partial charge >= 0.3 is 5.97 Å². The van der Waals surface area contributed by atoms with Crippen LogP contribution in [0.1, 0.15) is 42.3 Å². The van der Waals surface area contributed by atoms with Crippen molar-refractivity contribution >= 4 is 58.2 Å². The SMILES string of the molecule is CC(C)(C)OC(=O)c1cccc(/C=C2/SC(=O)N(Cc3ccc(Cl)c(Cl)c3)C2=O)c1. The van der Waals surface area contributed by atoms with Gasteiger partial charge in [0, 0.05) is 0 Å². The summed E-state index contributed by atoms with van der Waals surface area (Å²) in [6.45, 7) is 5.47. The number of thioether (sulfide) groups is 1. The van der Waals surface area contributed by atoms with Gasteiger partial charge in [-0.3, -0.25) is 14.5 Å². The standard InChI is InChI=1S/C22H19Cl2NO4S/c1-22(2,3)29-20(27)15-6-4-5-13(9-15)11-18-19(26)25(21(28)30-18)12-14-7-8-16(23)17(24)10-14/h4-11H,12H2,1-3H3/b18-11+. The fourth-order valence-corrected chi connectivity index (χ4v) is 3.86. The van der Waals surface area contributed by atoms with Crippen LogP contribution in [-0.2, 0) is 16.1 Å². The van der Waals surface area contributed by atoms with E-state index in [1.54, 1.807) is 69.3 Å². The van der Waals surface area contributed by atoms with Crippen molar-refractivity contribution in [3.63, 3.8) is 0 Å². The van der Waals surface area contributed by atoms with E-state index in [1.165, 1.54) is 0 Å². The van der Waals surface area contributed by atoms with Crippen LogP contribution in [-0.4, -0.2) is 27.6 Å². The second-order valence-corrected chi connectivity index (χ2v) is 9.45. The summed E-state index contributed by atoms with van der Waals surface area (Å²) >= 11 is 12.8. The molecule has 30 heavy (non-hydrogen) atoms. The second-order valence-electron chi connectivity index (χ2n) is 7.64. The highest BCUT2D eigenvalue weighted by molar-refractivity contribution is 8.18. The van der Waals surface area contributed by atoms with Crippen LogP contribution in [0.3, 0.4) is 0 Å². The molecule has 3 rings (SSSR count). The lowest BCUT2D eigenvalue weighted by molar-refractivity contribution is -0.123. The number of carbonyl (C=O) groups excluding carboxylic acids is 3. The smallest absolute Gasteiger partial charge is 0.338 e. The minimum absolute atomic E-state index is 0.0941. The Morgan fingerprint density at radius 1 is 1.10 bits per heavy atom. The Morgan fingerprint density at radius 2 is 1.83 bits per heavy atom. The predicted octanol–water partition coefficient (Wildman–Crippen LogP) is 6.19. The molecule has 2 aromatic carbocycles. The molecule has 1 saturated heterocycles. The Balaban J connectivity index is 1.79. The maximum atomic E-state index is 12.7. The third-order valence-electron chi connectivity index (χ3n) is 4.02. The number of esters is 1. The number of amides is 2. The summed E-state index contributed by atoms with van der Waals surface area (Å²) in [6, 6.07) is 11.7. The minimum Gasteiger partial charge on any atom is -0.456 e. The highest BCUT2D eigenvalue weighted by Gasteiger charge is 2.35. The molecule has 5 nitrogen and oxygen atoms in total. The Bertz CT molecular complexity index is 1060. The first kappa shape index (κ1) is 22.4. The van der Waals surface area contributed by atoms with Crippen molar-refractivity contribution in [2.75, 3.05) is 0 Å². The molecular weight excluding hydrogens is 445 g/mol. The van der Waals surface area contributed by atoms with Crippen LogP contribution in [0.2, 0.25) is 10.0 Å². The first-order valence-corrected chi connectivity index (χ1v) is 10.6. The summed E-state index contributed by atoms with van der Waals surface area (Å²) in [5.74, 6) is -0.857. The number of nitrogens with zero attached hydrogens (tertiary/aromatic N) is 1. The average Bonchev–Trinajstić information content (AvgIpc) is 2.91. The number of benzene rings is 2. The van der Waals surface area contributed by atoms with Crippen molar-refractivity contribution in [3.05, 3.63) is 74.1 Å². The van der Waals surface area contributed by atoms with E-state index in [-0.39, 0.29) is 16.7 Å². The number of halogens is 2. The zero-order valence-corrected chi connectivity index (χ0v) is 18.9. The van der Waals surface area contributed by atoms with E-state index in [0.717, 1.165) is 16.7 Å². The van der Waals surface area contributed by atoms with Crippen molar-refractivity contribution in [1.82, 2.24) is 4.90 Å². The van der Waals surface area contributed by atoms with E-state index in [0.29, 0.717) is 26.7 Å². The number of ether oxygens (including phenoxy) is 1. The topological polar surface area (TPSA) is 63.7 Å². The largest absolute Gasteiger partial charge is 0.456 e. The van der Waals surface area contributed by atoms with Crippen molar-refractivity contribution in [2.24, 2.45) is 0 Å². The summed E-state index contributed by atoms with van der Waals surface area (Å²) in [6.07, 6.45) is 1.59. The number of imide groups is 1. The van der Waals surface area contributed by atoms with Crippen molar-refractivity contribution in [1.29, 1.82) is 0 Å². The van der Waals surface area contributed by atoms with E-state index in [4.69, 9.17) is 27.9 Å². The van der Waals surface area contributed by atoms with Gasteiger partial charge in [0.15, 0.2) is 0 Å². The van der Waals surface area contributed by atoms with E-state index < -0.39 is 17.5 Å². The monoisotopic (exact) mass is 463 g/mol. The third-order valence-corrected chi connectivity index (χ3v) is 5.66. The minimum atomic E-state index is -0.611. The fraction of sp³-hybridized carbons (Fsp3) is 0.227. The normalized spacial score (nSPS) is 15.8. The number of rotatable bonds is 4. The quantitative estimate of drug-likeness (QED) is 0.399. The first-order valence-electron chi connectivity index (χ1n) is 9.06. The zero-order chi connectivity index (χ0) is 22.1. The lowest BCUT2D eigenvalue weighted by Crippen LogP contribution is -2.27. The van der Waals surface area contributed by atoms with E-state index in [2.05, 4.69) is 0 Å². The van der Waals surface area contributed by atoms with Gasteiger partial charge < -0.3 is 4.74 Å². The van der Waals surface area contributed by atoms with E-state index >= 15 is 0 Å². The molecule has 0 atom stereocenters. The molecule has 0 N–H and O–H groups in total. The molecule has 8 heteroatoms. The van der Waals surface area contributed by atoms with Crippen LogP contribution < -0.4 is 0 Å². The van der Waals surface area contributed by atoms with Gasteiger partial charge in [-0.15, -0.1) is 0 Å². The Kier molecular flexibility index (Phi) is 6.60. The van der Waals surface area contributed by atoms with E-state index in [1.807, 2.05) is 0 Å². The lowest BCUT2D eigenvalue weighted by Gasteiger charge is -2.19. The average molecular weight is 464 g/mol. The van der Waals surface area contributed by atoms with Gasteiger partial charge in [-0.1, -0.05) is 41.4 Å². The molecule has 0 bridgehead atoms. The van der Waals surface area contributed by atoms with Crippen LogP contribution in [0, 0.1) is 0 Å². The lowest BCUT2D eigenvalue weighted by atomic mass is 10.1. The zero-order valence-electron chi connectivity index (χ0n) is 16.6. The molecule has 1 heterocycles. The van der Waals surface area contributed by atoms with E-state index in [9.17, 15) is 14.4 Å². The highest BCUT2D eigenvalue weighted by atomic mass is 35.5. The Labute approximate surface area is 189 Å². The summed E-state index contributed by atoms with van der Waals surface area (Å²) in [4.78, 5) is 38.8. The van der Waals surface area contributed by atoms with Gasteiger partial charge in [0.05, 0.1) is 27.1 Å². The Morgan fingerprint density at radius 3 is 2.50 bits per heavy atom. The first-order chi connectivity index (χ1) is 14.0. The fourth-order valence-electron chi connectivity index (χ4n) is 2.70. The summed E-state index contributed by atoms with van der Waals surface area (Å²) in [5.41, 5.74) is 1.08. The highest BCUT2D eigenvalue weighted by Crippen LogP contribution is 2.34. The van der Waals surface area contributed by atoms with Gasteiger partial charge in [0.25, 0.3) is 11.1 Å². The van der Waals surface area contributed by atoms with Crippen LogP contribution in [0.15, 0.2) is 47.4 Å². The molecule has 0 spiro atoms. The van der Waals surface area contributed by atoms with Gasteiger partial charge in [0.2, 0.25) is 0 Å². The molecule has 1 aliphatic rings. The van der Waals surface area contributed by atoms with Crippen LogP contribution in [0.4, 0.5) is 4.79 Å².